The SMILES string of the molecule is Cc1nc(CN2CCC(=O)N(Cc3ccc(F)cc3)[C@H](C(C)C)C2)co1. The lowest BCUT2D eigenvalue weighted by atomic mass is 10.0. The van der Waals surface area contributed by atoms with Crippen LogP contribution in [-0.4, -0.2) is 39.8 Å². The van der Waals surface area contributed by atoms with E-state index >= 15 is 0 Å². The zero-order valence-electron chi connectivity index (χ0n) is 15.6. The Morgan fingerprint density at radius 3 is 2.62 bits per heavy atom. The first-order valence-electron chi connectivity index (χ1n) is 9.09. The van der Waals surface area contributed by atoms with Gasteiger partial charge in [-0.3, -0.25) is 9.69 Å². The quantitative estimate of drug-likeness (QED) is 0.821. The van der Waals surface area contributed by atoms with Crippen molar-refractivity contribution in [2.75, 3.05) is 13.1 Å². The Kier molecular flexibility index (Phi) is 5.71. The number of rotatable bonds is 5. The van der Waals surface area contributed by atoms with Crippen LogP contribution >= 0.6 is 0 Å². The van der Waals surface area contributed by atoms with Gasteiger partial charge in [0, 0.05) is 45.6 Å². The summed E-state index contributed by atoms with van der Waals surface area (Å²) in [6, 6.07) is 6.49. The number of aryl methyl sites for hydroxylation is 1. The summed E-state index contributed by atoms with van der Waals surface area (Å²) in [6.45, 7) is 8.79. The number of oxazole rings is 1. The van der Waals surface area contributed by atoms with Gasteiger partial charge in [0.25, 0.3) is 0 Å². The first kappa shape index (κ1) is 18.6. The molecule has 5 nitrogen and oxygen atoms in total. The number of amides is 1. The third-order valence-electron chi connectivity index (χ3n) is 4.90. The number of halogens is 1. The molecule has 1 aromatic carbocycles. The molecule has 1 fully saturated rings. The second-order valence-corrected chi connectivity index (χ2v) is 7.30. The number of aromatic nitrogens is 1. The second-order valence-electron chi connectivity index (χ2n) is 7.30. The van der Waals surface area contributed by atoms with E-state index in [4.69, 9.17) is 4.42 Å². The highest BCUT2D eigenvalue weighted by Crippen LogP contribution is 2.22. The van der Waals surface area contributed by atoms with Crippen LogP contribution in [0.5, 0.6) is 0 Å². The van der Waals surface area contributed by atoms with Gasteiger partial charge in [-0.25, -0.2) is 9.37 Å². The highest BCUT2D eigenvalue weighted by atomic mass is 19.1. The summed E-state index contributed by atoms with van der Waals surface area (Å²) in [4.78, 5) is 21.4. The third-order valence-corrected chi connectivity index (χ3v) is 4.90. The smallest absolute Gasteiger partial charge is 0.224 e. The number of hydrogen-bond acceptors (Lipinski definition) is 4. The molecule has 1 aromatic heterocycles. The van der Waals surface area contributed by atoms with Crippen LogP contribution in [0.3, 0.4) is 0 Å². The molecule has 1 amide bonds. The van der Waals surface area contributed by atoms with Crippen molar-refractivity contribution >= 4 is 5.91 Å². The van der Waals surface area contributed by atoms with Gasteiger partial charge < -0.3 is 9.32 Å². The van der Waals surface area contributed by atoms with Crippen molar-refractivity contribution in [3.05, 3.63) is 53.5 Å². The van der Waals surface area contributed by atoms with E-state index in [1.54, 1.807) is 18.4 Å². The maximum Gasteiger partial charge on any atom is 0.224 e. The van der Waals surface area contributed by atoms with Crippen LogP contribution in [-0.2, 0) is 17.9 Å². The summed E-state index contributed by atoms with van der Waals surface area (Å²) in [5, 5.41) is 0. The average molecular weight is 359 g/mol. The normalized spacial score (nSPS) is 19.2. The van der Waals surface area contributed by atoms with E-state index in [9.17, 15) is 9.18 Å². The fourth-order valence-corrected chi connectivity index (χ4v) is 3.45. The van der Waals surface area contributed by atoms with E-state index in [0.29, 0.717) is 37.9 Å². The monoisotopic (exact) mass is 359 g/mol. The van der Waals surface area contributed by atoms with Gasteiger partial charge in [-0.2, -0.15) is 0 Å². The van der Waals surface area contributed by atoms with Crippen LogP contribution in [0.15, 0.2) is 34.9 Å². The van der Waals surface area contributed by atoms with Crippen molar-refractivity contribution in [3.8, 4) is 0 Å². The average Bonchev–Trinajstić information content (AvgIpc) is 2.94. The number of hydrogen-bond donors (Lipinski definition) is 0. The van der Waals surface area contributed by atoms with E-state index in [1.807, 2.05) is 11.8 Å². The molecule has 0 radical (unpaired) electrons. The molecular formula is C20H26FN3O2. The summed E-state index contributed by atoms with van der Waals surface area (Å²) in [5.41, 5.74) is 1.84. The minimum atomic E-state index is -0.259. The second kappa shape index (κ2) is 7.99. The summed E-state index contributed by atoms with van der Waals surface area (Å²) < 4.78 is 18.5. The Hall–Kier alpha value is -2.21. The van der Waals surface area contributed by atoms with Gasteiger partial charge in [0.05, 0.1) is 5.69 Å². The van der Waals surface area contributed by atoms with Crippen molar-refractivity contribution in [2.24, 2.45) is 5.92 Å². The predicted molar refractivity (Wildman–Crippen MR) is 96.7 cm³/mol. The van der Waals surface area contributed by atoms with Crippen molar-refractivity contribution in [1.29, 1.82) is 0 Å². The first-order chi connectivity index (χ1) is 12.4. The first-order valence-corrected chi connectivity index (χ1v) is 9.09. The molecule has 0 saturated carbocycles. The Balaban J connectivity index is 1.75. The lowest BCUT2D eigenvalue weighted by molar-refractivity contribution is -0.134. The lowest BCUT2D eigenvalue weighted by Gasteiger charge is -2.34. The van der Waals surface area contributed by atoms with Gasteiger partial charge in [0.1, 0.15) is 12.1 Å². The molecule has 26 heavy (non-hydrogen) atoms. The molecule has 0 N–H and O–H groups in total. The van der Waals surface area contributed by atoms with E-state index in [0.717, 1.165) is 17.8 Å². The molecule has 1 aliphatic heterocycles. The molecule has 6 heteroatoms. The zero-order chi connectivity index (χ0) is 18.7. The Labute approximate surface area is 153 Å². The standard InChI is InChI=1S/C20H26FN3O2/c1-14(2)19-12-23(11-18-13-26-15(3)22-18)9-8-20(25)24(19)10-16-4-6-17(21)7-5-16/h4-7,13-14,19H,8-12H2,1-3H3/t19-/m0/s1. The molecule has 0 bridgehead atoms. The van der Waals surface area contributed by atoms with Gasteiger partial charge in [-0.15, -0.1) is 0 Å². The van der Waals surface area contributed by atoms with Crippen LogP contribution in [0.25, 0.3) is 0 Å². The van der Waals surface area contributed by atoms with Crippen molar-refractivity contribution in [2.45, 2.75) is 46.3 Å². The lowest BCUT2D eigenvalue weighted by Crippen LogP contribution is -2.45. The molecule has 0 spiro atoms. The fraction of sp³-hybridized carbons (Fsp3) is 0.500. The van der Waals surface area contributed by atoms with Gasteiger partial charge >= 0.3 is 0 Å². The van der Waals surface area contributed by atoms with E-state index in [-0.39, 0.29) is 17.8 Å². The molecule has 140 valence electrons. The van der Waals surface area contributed by atoms with Gasteiger partial charge in [-0.05, 0) is 23.6 Å². The van der Waals surface area contributed by atoms with Crippen LogP contribution < -0.4 is 0 Å². The molecule has 3 rings (SSSR count). The molecule has 1 atom stereocenters. The molecule has 0 aliphatic carbocycles. The van der Waals surface area contributed by atoms with E-state index < -0.39 is 0 Å². The number of carbonyl (C=O) groups excluding carboxylic acids is 1. The zero-order valence-corrected chi connectivity index (χ0v) is 15.6. The maximum absolute atomic E-state index is 13.2. The highest BCUT2D eigenvalue weighted by Gasteiger charge is 2.31. The van der Waals surface area contributed by atoms with Gasteiger partial charge in [0.15, 0.2) is 5.89 Å². The van der Waals surface area contributed by atoms with Crippen LogP contribution in [0.2, 0.25) is 0 Å². The summed E-state index contributed by atoms with van der Waals surface area (Å²) in [7, 11) is 0. The van der Waals surface area contributed by atoms with Gasteiger partial charge in [0.2, 0.25) is 5.91 Å². The summed E-state index contributed by atoms with van der Waals surface area (Å²) >= 11 is 0. The van der Waals surface area contributed by atoms with Crippen LogP contribution in [0.1, 0.15) is 37.4 Å². The number of nitrogens with zero attached hydrogens (tertiary/aromatic N) is 3. The molecule has 1 saturated heterocycles. The van der Waals surface area contributed by atoms with Crippen LogP contribution in [0.4, 0.5) is 4.39 Å². The number of carbonyl (C=O) groups is 1. The summed E-state index contributed by atoms with van der Waals surface area (Å²) in [5.74, 6) is 0.862. The Bertz CT molecular complexity index is 742. The highest BCUT2D eigenvalue weighted by molar-refractivity contribution is 5.77. The topological polar surface area (TPSA) is 49.6 Å². The molecule has 1 aliphatic rings. The van der Waals surface area contributed by atoms with Crippen molar-refractivity contribution < 1.29 is 13.6 Å². The fourth-order valence-electron chi connectivity index (χ4n) is 3.45. The molecular weight excluding hydrogens is 333 g/mol. The van der Waals surface area contributed by atoms with E-state index in [2.05, 4.69) is 23.7 Å². The Morgan fingerprint density at radius 1 is 1.27 bits per heavy atom. The Morgan fingerprint density at radius 2 is 2.00 bits per heavy atom. The third kappa shape index (κ3) is 4.49. The largest absolute Gasteiger partial charge is 0.449 e. The summed E-state index contributed by atoms with van der Waals surface area (Å²) in [6.07, 6.45) is 2.16. The minimum Gasteiger partial charge on any atom is -0.449 e. The van der Waals surface area contributed by atoms with Crippen LogP contribution in [0, 0.1) is 18.7 Å². The van der Waals surface area contributed by atoms with E-state index in [1.165, 1.54) is 12.1 Å². The minimum absolute atomic E-state index is 0.100. The molecule has 0 unspecified atom stereocenters. The van der Waals surface area contributed by atoms with Gasteiger partial charge in [-0.1, -0.05) is 26.0 Å². The molecule has 2 heterocycles. The maximum atomic E-state index is 13.2. The predicted octanol–water partition coefficient (Wildman–Crippen LogP) is 3.38. The number of benzene rings is 1. The van der Waals surface area contributed by atoms with Crippen molar-refractivity contribution in [3.63, 3.8) is 0 Å². The molecule has 2 aromatic rings. The van der Waals surface area contributed by atoms with Crippen molar-refractivity contribution in [1.82, 2.24) is 14.8 Å².